The van der Waals surface area contributed by atoms with Crippen molar-refractivity contribution in [1.29, 1.82) is 0 Å². The Hall–Kier alpha value is -2.38. The summed E-state index contributed by atoms with van der Waals surface area (Å²) in [6.07, 6.45) is 0. The number of hydrogen-bond donors (Lipinski definition) is 2. The van der Waals surface area contributed by atoms with Crippen molar-refractivity contribution in [2.45, 2.75) is 13.5 Å². The number of carbonyl (C=O) groups excluding carboxylic acids is 1. The number of aryl methyl sites for hydroxylation is 1. The second-order valence-corrected chi connectivity index (χ2v) is 6.77. The minimum atomic E-state index is -0.424. The second kappa shape index (κ2) is 7.25. The molecule has 0 fully saturated rings. The van der Waals surface area contributed by atoms with Crippen LogP contribution >= 0.6 is 27.5 Å². The van der Waals surface area contributed by atoms with Crippen molar-refractivity contribution >= 4 is 44.9 Å². The topological polar surface area (TPSA) is 85.8 Å². The normalized spacial score (nSPS) is 10.7. The highest BCUT2D eigenvalue weighted by Crippen LogP contribution is 2.24. The molecule has 0 radical (unpaired) electrons. The van der Waals surface area contributed by atoms with Crippen LogP contribution in [0, 0.1) is 6.92 Å². The Labute approximate surface area is 158 Å². The summed E-state index contributed by atoms with van der Waals surface area (Å²) in [5, 5.41) is 11.2. The number of nitrogens with two attached hydrogens (primary N) is 1. The molecular formula is C17H15BrClN5O. The van der Waals surface area contributed by atoms with Gasteiger partial charge in [-0.05, 0) is 52.2 Å². The molecule has 6 nitrogen and oxygen atoms in total. The molecule has 25 heavy (non-hydrogen) atoms. The molecule has 1 heterocycles. The standard InChI is InChI=1S/C17H15BrClN5O/c1-10-6-7-14(12(18)8-10)21-17(25)15-16(20)24(23-22-15)9-11-4-2-3-5-13(11)19/h2-8H,9,20H2,1H3,(H,21,25). The van der Waals surface area contributed by atoms with Gasteiger partial charge < -0.3 is 11.1 Å². The number of benzene rings is 2. The van der Waals surface area contributed by atoms with Gasteiger partial charge in [-0.2, -0.15) is 0 Å². The third kappa shape index (κ3) is 3.83. The first-order chi connectivity index (χ1) is 12.0. The van der Waals surface area contributed by atoms with Gasteiger partial charge in [-0.3, -0.25) is 4.79 Å². The molecule has 8 heteroatoms. The van der Waals surface area contributed by atoms with E-state index in [2.05, 4.69) is 31.6 Å². The zero-order valence-electron chi connectivity index (χ0n) is 13.3. The third-order valence-electron chi connectivity index (χ3n) is 3.64. The fourth-order valence-corrected chi connectivity index (χ4v) is 3.08. The maximum Gasteiger partial charge on any atom is 0.280 e. The van der Waals surface area contributed by atoms with Crippen LogP contribution in [-0.2, 0) is 6.54 Å². The summed E-state index contributed by atoms with van der Waals surface area (Å²) in [4.78, 5) is 12.5. The minimum Gasteiger partial charge on any atom is -0.382 e. The van der Waals surface area contributed by atoms with E-state index >= 15 is 0 Å². The number of halogens is 2. The summed E-state index contributed by atoms with van der Waals surface area (Å²) in [5.74, 6) is -0.242. The number of nitrogens with one attached hydrogen (secondary N) is 1. The van der Waals surface area contributed by atoms with Crippen molar-refractivity contribution in [2.75, 3.05) is 11.1 Å². The van der Waals surface area contributed by atoms with Gasteiger partial charge in [0.25, 0.3) is 5.91 Å². The summed E-state index contributed by atoms with van der Waals surface area (Å²) >= 11 is 9.57. The first-order valence-electron chi connectivity index (χ1n) is 7.45. The lowest BCUT2D eigenvalue weighted by Crippen LogP contribution is -2.15. The van der Waals surface area contributed by atoms with E-state index < -0.39 is 5.91 Å². The highest BCUT2D eigenvalue weighted by molar-refractivity contribution is 9.10. The molecule has 0 saturated heterocycles. The molecule has 0 aliphatic rings. The van der Waals surface area contributed by atoms with E-state index in [9.17, 15) is 4.79 Å². The Kier molecular flexibility index (Phi) is 5.06. The first kappa shape index (κ1) is 17.4. The molecule has 1 aromatic heterocycles. The van der Waals surface area contributed by atoms with Gasteiger partial charge in [0.05, 0.1) is 12.2 Å². The van der Waals surface area contributed by atoms with Crippen LogP contribution in [0.4, 0.5) is 11.5 Å². The van der Waals surface area contributed by atoms with Crippen molar-refractivity contribution in [3.8, 4) is 0 Å². The quantitative estimate of drug-likeness (QED) is 0.670. The zero-order chi connectivity index (χ0) is 18.0. The molecule has 0 aliphatic carbocycles. The largest absolute Gasteiger partial charge is 0.382 e. The van der Waals surface area contributed by atoms with E-state index in [0.29, 0.717) is 17.3 Å². The van der Waals surface area contributed by atoms with Crippen LogP contribution in [-0.4, -0.2) is 20.9 Å². The molecule has 0 unspecified atom stereocenters. The number of amides is 1. The Morgan fingerprint density at radius 2 is 2.08 bits per heavy atom. The Balaban J connectivity index is 1.80. The first-order valence-corrected chi connectivity index (χ1v) is 8.62. The van der Waals surface area contributed by atoms with Crippen LogP contribution in [0.25, 0.3) is 0 Å². The predicted molar refractivity (Wildman–Crippen MR) is 102 cm³/mol. The van der Waals surface area contributed by atoms with Gasteiger partial charge in [-0.25, -0.2) is 4.68 Å². The van der Waals surface area contributed by atoms with Crippen molar-refractivity contribution in [1.82, 2.24) is 15.0 Å². The fourth-order valence-electron chi connectivity index (χ4n) is 2.29. The SMILES string of the molecule is Cc1ccc(NC(=O)c2nnn(Cc3ccccc3Cl)c2N)c(Br)c1. The molecule has 0 atom stereocenters. The number of rotatable bonds is 4. The average molecular weight is 421 g/mol. The van der Waals surface area contributed by atoms with Gasteiger partial charge in [0.2, 0.25) is 0 Å². The van der Waals surface area contributed by atoms with Crippen LogP contribution in [0.1, 0.15) is 21.6 Å². The summed E-state index contributed by atoms with van der Waals surface area (Å²) in [6, 6.07) is 13.0. The average Bonchev–Trinajstić information content (AvgIpc) is 2.93. The lowest BCUT2D eigenvalue weighted by molar-refractivity contribution is 0.102. The van der Waals surface area contributed by atoms with E-state index in [1.54, 1.807) is 6.07 Å². The predicted octanol–water partition coefficient (Wildman–Crippen LogP) is 3.89. The molecule has 1 amide bonds. The maximum absolute atomic E-state index is 12.5. The zero-order valence-corrected chi connectivity index (χ0v) is 15.7. The van der Waals surface area contributed by atoms with Gasteiger partial charge >= 0.3 is 0 Å². The van der Waals surface area contributed by atoms with E-state index in [-0.39, 0.29) is 11.5 Å². The van der Waals surface area contributed by atoms with E-state index in [4.69, 9.17) is 17.3 Å². The molecule has 0 saturated carbocycles. The number of carbonyl (C=O) groups is 1. The Morgan fingerprint density at radius 1 is 1.32 bits per heavy atom. The monoisotopic (exact) mass is 419 g/mol. The van der Waals surface area contributed by atoms with E-state index in [0.717, 1.165) is 15.6 Å². The minimum absolute atomic E-state index is 0.0690. The van der Waals surface area contributed by atoms with Crippen molar-refractivity contribution in [3.63, 3.8) is 0 Å². The highest BCUT2D eigenvalue weighted by atomic mass is 79.9. The Morgan fingerprint density at radius 3 is 2.80 bits per heavy atom. The molecule has 0 bridgehead atoms. The van der Waals surface area contributed by atoms with Crippen molar-refractivity contribution in [2.24, 2.45) is 0 Å². The number of aromatic nitrogens is 3. The third-order valence-corrected chi connectivity index (χ3v) is 4.66. The maximum atomic E-state index is 12.5. The van der Waals surface area contributed by atoms with Gasteiger partial charge in [-0.1, -0.05) is 41.1 Å². The van der Waals surface area contributed by atoms with Gasteiger partial charge in [0, 0.05) is 9.50 Å². The fraction of sp³-hybridized carbons (Fsp3) is 0.118. The lowest BCUT2D eigenvalue weighted by Gasteiger charge is -2.08. The summed E-state index contributed by atoms with van der Waals surface area (Å²) in [6.45, 7) is 2.30. The van der Waals surface area contributed by atoms with Gasteiger partial charge in [0.1, 0.15) is 0 Å². The number of hydrogen-bond acceptors (Lipinski definition) is 4. The summed E-state index contributed by atoms with van der Waals surface area (Å²) < 4.78 is 2.23. The molecular weight excluding hydrogens is 406 g/mol. The van der Waals surface area contributed by atoms with Crippen LogP contribution in [0.5, 0.6) is 0 Å². The Bertz CT molecular complexity index is 941. The molecule has 0 spiro atoms. The van der Waals surface area contributed by atoms with Crippen LogP contribution in [0.2, 0.25) is 5.02 Å². The number of nitrogen functional groups attached to an aromatic ring is 1. The molecule has 3 rings (SSSR count). The summed E-state index contributed by atoms with van der Waals surface area (Å²) in [5.41, 5.74) is 8.66. The lowest BCUT2D eigenvalue weighted by atomic mass is 10.2. The molecule has 3 N–H and O–H groups in total. The van der Waals surface area contributed by atoms with Crippen LogP contribution in [0.15, 0.2) is 46.9 Å². The number of anilines is 2. The van der Waals surface area contributed by atoms with Crippen molar-refractivity contribution in [3.05, 3.63) is 68.8 Å². The molecule has 2 aromatic carbocycles. The van der Waals surface area contributed by atoms with Crippen molar-refractivity contribution < 1.29 is 4.79 Å². The molecule has 0 aliphatic heterocycles. The molecule has 128 valence electrons. The van der Waals surface area contributed by atoms with E-state index in [1.165, 1.54) is 4.68 Å². The smallest absolute Gasteiger partial charge is 0.280 e. The highest BCUT2D eigenvalue weighted by Gasteiger charge is 2.19. The van der Waals surface area contributed by atoms with E-state index in [1.807, 2.05) is 43.3 Å². The number of nitrogens with zero attached hydrogens (tertiary/aromatic N) is 3. The molecule has 3 aromatic rings. The second-order valence-electron chi connectivity index (χ2n) is 5.51. The summed E-state index contributed by atoms with van der Waals surface area (Å²) in [7, 11) is 0. The van der Waals surface area contributed by atoms with Crippen LogP contribution in [0.3, 0.4) is 0 Å². The van der Waals surface area contributed by atoms with Gasteiger partial charge in [-0.15, -0.1) is 5.10 Å². The van der Waals surface area contributed by atoms with Gasteiger partial charge in [0.15, 0.2) is 11.5 Å². The van der Waals surface area contributed by atoms with Crippen LogP contribution < -0.4 is 11.1 Å².